The lowest BCUT2D eigenvalue weighted by Crippen LogP contribution is -2.44. The Balaban J connectivity index is 1.99. The monoisotopic (exact) mass is 480 g/mol. The number of nitrogens with zero attached hydrogens (tertiary/aromatic N) is 4. The van der Waals surface area contributed by atoms with E-state index in [1.54, 1.807) is 58.4 Å². The Labute approximate surface area is 205 Å². The van der Waals surface area contributed by atoms with Crippen LogP contribution in [0, 0.1) is 18.3 Å². The highest BCUT2D eigenvalue weighted by Gasteiger charge is 2.35. The molecular formula is C26H32N4O5. The maximum Gasteiger partial charge on any atom is 0.425 e. The van der Waals surface area contributed by atoms with Crippen molar-refractivity contribution in [3.8, 4) is 23.6 Å². The number of carbonyl (C=O) groups is 2. The first kappa shape index (κ1) is 25.9. The molecule has 0 atom stereocenters. The molecule has 1 aliphatic rings. The number of pyridine rings is 1. The van der Waals surface area contributed by atoms with Crippen LogP contribution in [0.15, 0.2) is 29.3 Å². The number of rotatable bonds is 5. The maximum absolute atomic E-state index is 13.0. The number of carbonyl (C=O) groups excluding carboxylic acids is 2. The van der Waals surface area contributed by atoms with Crippen LogP contribution in [0.1, 0.15) is 66.5 Å². The van der Waals surface area contributed by atoms with Crippen molar-refractivity contribution < 1.29 is 19.1 Å². The summed E-state index contributed by atoms with van der Waals surface area (Å²) in [6.45, 7) is 10.7. The highest BCUT2D eigenvalue weighted by Crippen LogP contribution is 2.32. The van der Waals surface area contributed by atoms with Crippen molar-refractivity contribution >= 4 is 18.0 Å². The molecule has 0 spiro atoms. The van der Waals surface area contributed by atoms with E-state index < -0.39 is 23.4 Å². The molecule has 0 unspecified atom stereocenters. The summed E-state index contributed by atoms with van der Waals surface area (Å²) in [4.78, 5) is 47.6. The molecule has 1 aliphatic carbocycles. The summed E-state index contributed by atoms with van der Waals surface area (Å²) in [6.07, 6.45) is 10.2. The third-order valence-electron chi connectivity index (χ3n) is 5.01. The minimum atomic E-state index is -0.987. The number of terminal acetylenes is 1. The Kier molecular flexibility index (Phi) is 7.34. The highest BCUT2D eigenvalue weighted by molar-refractivity contribution is 6.09. The second-order valence-electron chi connectivity index (χ2n) is 10.5. The molecule has 35 heavy (non-hydrogen) atoms. The van der Waals surface area contributed by atoms with E-state index in [1.165, 1.54) is 25.1 Å². The Bertz CT molecular complexity index is 1180. The largest absolute Gasteiger partial charge is 0.443 e. The van der Waals surface area contributed by atoms with E-state index in [-0.39, 0.29) is 17.1 Å². The molecule has 2 aromatic rings. The fourth-order valence-corrected chi connectivity index (χ4v) is 3.23. The van der Waals surface area contributed by atoms with Crippen molar-refractivity contribution in [2.45, 2.75) is 78.6 Å². The SMILES string of the molecule is C#Cc1nc(-c2ccc(=O)n(CCC3CC3)c2)cnc1N(C(=O)OC(C)(C)C)C(=O)OC(C)(C)C. The van der Waals surface area contributed by atoms with Gasteiger partial charge in [0.15, 0.2) is 11.5 Å². The van der Waals surface area contributed by atoms with Gasteiger partial charge in [-0.05, 0) is 65.9 Å². The molecule has 0 N–H and O–H groups in total. The van der Waals surface area contributed by atoms with Crippen LogP contribution in [0.3, 0.4) is 0 Å². The van der Waals surface area contributed by atoms with Crippen LogP contribution in [-0.2, 0) is 16.0 Å². The van der Waals surface area contributed by atoms with Crippen LogP contribution < -0.4 is 10.5 Å². The molecule has 2 heterocycles. The number of hydrogen-bond donors (Lipinski definition) is 0. The molecule has 0 radical (unpaired) electrons. The van der Waals surface area contributed by atoms with Crippen molar-refractivity contribution in [1.29, 1.82) is 0 Å². The second-order valence-corrected chi connectivity index (χ2v) is 10.5. The predicted octanol–water partition coefficient (Wildman–Crippen LogP) is 4.76. The molecule has 0 bridgehead atoms. The van der Waals surface area contributed by atoms with E-state index in [9.17, 15) is 14.4 Å². The van der Waals surface area contributed by atoms with Crippen molar-refractivity contribution in [2.75, 3.05) is 4.90 Å². The van der Waals surface area contributed by atoms with Gasteiger partial charge >= 0.3 is 12.2 Å². The number of anilines is 1. The van der Waals surface area contributed by atoms with Gasteiger partial charge in [0.25, 0.3) is 5.56 Å². The molecule has 2 aromatic heterocycles. The van der Waals surface area contributed by atoms with Gasteiger partial charge in [-0.1, -0.05) is 12.8 Å². The minimum Gasteiger partial charge on any atom is -0.443 e. The molecular weight excluding hydrogens is 448 g/mol. The number of aromatic nitrogens is 3. The van der Waals surface area contributed by atoms with Gasteiger partial charge < -0.3 is 14.0 Å². The first-order valence-electron chi connectivity index (χ1n) is 11.6. The minimum absolute atomic E-state index is 0.0463. The van der Waals surface area contributed by atoms with Crippen LogP contribution in [0.25, 0.3) is 11.3 Å². The Morgan fingerprint density at radius 1 is 1.11 bits per heavy atom. The van der Waals surface area contributed by atoms with Crippen LogP contribution >= 0.6 is 0 Å². The summed E-state index contributed by atoms with van der Waals surface area (Å²) in [6, 6.07) is 3.11. The summed E-state index contributed by atoms with van der Waals surface area (Å²) in [5, 5.41) is 0. The third-order valence-corrected chi connectivity index (χ3v) is 5.01. The molecule has 9 nitrogen and oxygen atoms in total. The highest BCUT2D eigenvalue weighted by atomic mass is 16.6. The molecule has 9 heteroatoms. The first-order valence-corrected chi connectivity index (χ1v) is 11.6. The van der Waals surface area contributed by atoms with Crippen LogP contribution in [0.2, 0.25) is 0 Å². The van der Waals surface area contributed by atoms with Gasteiger partial charge in [-0.15, -0.1) is 6.42 Å². The Morgan fingerprint density at radius 2 is 1.71 bits per heavy atom. The standard InChI is InChI=1S/C26H32N4O5/c1-8-19-22(30(23(32)34-25(2,3)4)24(33)35-26(5,6)7)27-15-20(28-19)18-11-12-21(31)29(16-18)14-13-17-9-10-17/h1,11-12,15-17H,9-10,13-14H2,2-7H3. The fraction of sp³-hybridized carbons (Fsp3) is 0.500. The molecule has 3 rings (SSSR count). The second kappa shape index (κ2) is 9.90. The van der Waals surface area contributed by atoms with Gasteiger partial charge in [-0.3, -0.25) is 4.79 Å². The molecule has 1 fully saturated rings. The van der Waals surface area contributed by atoms with Crippen LogP contribution in [0.4, 0.5) is 15.4 Å². The van der Waals surface area contributed by atoms with E-state index in [4.69, 9.17) is 15.9 Å². The van der Waals surface area contributed by atoms with E-state index in [2.05, 4.69) is 15.9 Å². The molecule has 0 saturated heterocycles. The van der Waals surface area contributed by atoms with Gasteiger partial charge in [-0.25, -0.2) is 19.6 Å². The maximum atomic E-state index is 13.0. The van der Waals surface area contributed by atoms with Crippen molar-refractivity contribution in [3.05, 3.63) is 40.6 Å². The molecule has 0 aliphatic heterocycles. The normalized spacial score (nSPS) is 13.6. The lowest BCUT2D eigenvalue weighted by atomic mass is 10.2. The predicted molar refractivity (Wildman–Crippen MR) is 132 cm³/mol. The average molecular weight is 481 g/mol. The summed E-state index contributed by atoms with van der Waals surface area (Å²) < 4.78 is 12.4. The number of imide groups is 1. The van der Waals surface area contributed by atoms with Gasteiger partial charge in [0, 0.05) is 24.4 Å². The van der Waals surface area contributed by atoms with Crippen molar-refractivity contribution in [2.24, 2.45) is 5.92 Å². The van der Waals surface area contributed by atoms with E-state index in [0.717, 1.165) is 6.42 Å². The fourth-order valence-electron chi connectivity index (χ4n) is 3.23. The number of amides is 2. The van der Waals surface area contributed by atoms with Gasteiger partial charge in [0.1, 0.15) is 11.2 Å². The molecule has 0 aromatic carbocycles. The summed E-state index contributed by atoms with van der Waals surface area (Å²) >= 11 is 0. The third kappa shape index (κ3) is 7.15. The van der Waals surface area contributed by atoms with Gasteiger partial charge in [0.05, 0.1) is 11.9 Å². The zero-order valence-corrected chi connectivity index (χ0v) is 21.1. The van der Waals surface area contributed by atoms with E-state index in [1.807, 2.05) is 0 Å². The summed E-state index contributed by atoms with van der Waals surface area (Å²) in [5.41, 5.74) is -0.871. The number of ether oxygens (including phenoxy) is 2. The smallest absolute Gasteiger partial charge is 0.425 e. The summed E-state index contributed by atoms with van der Waals surface area (Å²) in [5.74, 6) is 2.90. The van der Waals surface area contributed by atoms with Crippen molar-refractivity contribution in [1.82, 2.24) is 14.5 Å². The summed E-state index contributed by atoms with van der Waals surface area (Å²) in [7, 11) is 0. The average Bonchev–Trinajstić information content (AvgIpc) is 3.55. The van der Waals surface area contributed by atoms with Gasteiger partial charge in [-0.2, -0.15) is 4.90 Å². The molecule has 2 amide bonds. The quantitative estimate of drug-likeness (QED) is 0.568. The van der Waals surface area contributed by atoms with E-state index >= 15 is 0 Å². The van der Waals surface area contributed by atoms with E-state index in [0.29, 0.717) is 28.6 Å². The van der Waals surface area contributed by atoms with Crippen molar-refractivity contribution in [3.63, 3.8) is 0 Å². The zero-order valence-electron chi connectivity index (χ0n) is 21.1. The lowest BCUT2D eigenvalue weighted by molar-refractivity contribution is 0.0428. The lowest BCUT2D eigenvalue weighted by Gasteiger charge is -2.28. The Morgan fingerprint density at radius 3 is 2.23 bits per heavy atom. The first-order chi connectivity index (χ1) is 16.3. The van der Waals surface area contributed by atoms with Crippen LogP contribution in [0.5, 0.6) is 0 Å². The number of hydrogen-bond acceptors (Lipinski definition) is 7. The molecule has 186 valence electrons. The number of aryl methyl sites for hydroxylation is 1. The van der Waals surface area contributed by atoms with Gasteiger partial charge in [0.2, 0.25) is 0 Å². The topological polar surface area (TPSA) is 104 Å². The zero-order chi connectivity index (χ0) is 26.0. The van der Waals surface area contributed by atoms with Crippen LogP contribution in [-0.4, -0.2) is 37.9 Å². The molecule has 1 saturated carbocycles. The Hall–Kier alpha value is -3.67.